The van der Waals surface area contributed by atoms with Gasteiger partial charge in [0.2, 0.25) is 17.7 Å². The number of likely N-dealkylation sites (tertiary alicyclic amines) is 1. The van der Waals surface area contributed by atoms with Crippen molar-refractivity contribution in [2.24, 2.45) is 11.7 Å². The highest BCUT2D eigenvalue weighted by atomic mass is 16.5. The van der Waals surface area contributed by atoms with E-state index in [4.69, 9.17) is 10.5 Å². The van der Waals surface area contributed by atoms with E-state index in [2.05, 4.69) is 25.9 Å². The van der Waals surface area contributed by atoms with E-state index in [9.17, 15) is 29.1 Å². The fourth-order valence-electron chi connectivity index (χ4n) is 4.62. The fourth-order valence-corrected chi connectivity index (χ4v) is 4.62. The Kier molecular flexibility index (Phi) is 12.8. The molecule has 1 aromatic carbocycles. The number of carbonyl (C=O) groups excluding carboxylic acids is 4. The Labute approximate surface area is 243 Å². The molecule has 7 N–H and O–H groups in total. The van der Waals surface area contributed by atoms with Crippen LogP contribution in [0.1, 0.15) is 43.4 Å². The molecule has 0 spiro atoms. The third-order valence-corrected chi connectivity index (χ3v) is 6.87. The summed E-state index contributed by atoms with van der Waals surface area (Å²) in [4.78, 5) is 70.9. The van der Waals surface area contributed by atoms with Gasteiger partial charge in [-0.15, -0.1) is 0 Å². The van der Waals surface area contributed by atoms with Crippen LogP contribution in [-0.2, 0) is 36.9 Å². The molecule has 228 valence electrons. The number of aliphatic carboxylic acids is 1. The Morgan fingerprint density at radius 1 is 1.14 bits per heavy atom. The highest BCUT2D eigenvalue weighted by molar-refractivity contribution is 5.87. The second-order valence-corrected chi connectivity index (χ2v) is 10.1. The van der Waals surface area contributed by atoms with Gasteiger partial charge in [0.25, 0.3) is 0 Å². The average molecular weight is 586 g/mol. The Morgan fingerprint density at radius 3 is 2.62 bits per heavy atom. The molecule has 1 aromatic heterocycles. The SMILES string of the molecule is NCCC[C@H](NC(=O)CCNC(=O)C1CCCN(C(=O)[C@H](Cc2cnc[nH]2)NC(=O)OCc2ccccc2)C1)C(=O)O. The van der Waals surface area contributed by atoms with E-state index in [0.29, 0.717) is 38.0 Å². The topological polar surface area (TPSA) is 209 Å². The molecule has 1 aliphatic heterocycles. The summed E-state index contributed by atoms with van der Waals surface area (Å²) >= 11 is 0. The minimum absolute atomic E-state index is 0.0234. The molecule has 0 aliphatic carbocycles. The molecule has 2 heterocycles. The van der Waals surface area contributed by atoms with Crippen LogP contribution in [-0.4, -0.2) is 88.0 Å². The first-order valence-electron chi connectivity index (χ1n) is 14.0. The smallest absolute Gasteiger partial charge is 0.408 e. The number of rotatable bonds is 15. The molecule has 42 heavy (non-hydrogen) atoms. The van der Waals surface area contributed by atoms with Crippen LogP contribution in [0.4, 0.5) is 4.79 Å². The number of carboxylic acids is 1. The van der Waals surface area contributed by atoms with E-state index in [1.54, 1.807) is 11.1 Å². The number of hydrogen-bond donors (Lipinski definition) is 6. The molecular weight excluding hydrogens is 546 g/mol. The van der Waals surface area contributed by atoms with Crippen molar-refractivity contribution in [2.75, 3.05) is 26.2 Å². The standard InChI is InChI=1S/C28H39N7O7/c29-11-4-9-22(27(39)40)33-24(36)10-12-31-25(37)20-8-5-13-35(16-20)26(38)23(14-21-15-30-18-32-21)34-28(41)42-17-19-6-2-1-3-7-19/h1-3,6-7,15,18,20,22-23H,4-5,8-14,16-17,29H2,(H,30,32)(H,31,37)(H,33,36)(H,34,41)(H,39,40)/t20?,22-,23-/m0/s1. The molecule has 1 fully saturated rings. The van der Waals surface area contributed by atoms with Crippen molar-refractivity contribution < 1.29 is 33.8 Å². The lowest BCUT2D eigenvalue weighted by Gasteiger charge is -2.34. The Hall–Kier alpha value is -4.46. The van der Waals surface area contributed by atoms with Gasteiger partial charge in [0.1, 0.15) is 18.7 Å². The van der Waals surface area contributed by atoms with Crippen molar-refractivity contribution >= 4 is 29.8 Å². The molecular formula is C28H39N7O7. The summed E-state index contributed by atoms with van der Waals surface area (Å²) in [5.74, 6) is -2.79. The summed E-state index contributed by atoms with van der Waals surface area (Å²) in [6.07, 6.45) is 4.19. The Bertz CT molecular complexity index is 1180. The minimum atomic E-state index is -1.14. The first-order valence-corrected chi connectivity index (χ1v) is 14.0. The second kappa shape index (κ2) is 16.7. The summed E-state index contributed by atoms with van der Waals surface area (Å²) in [5.41, 5.74) is 6.87. The number of nitrogens with one attached hydrogen (secondary N) is 4. The number of piperidine rings is 1. The maximum Gasteiger partial charge on any atom is 0.408 e. The van der Waals surface area contributed by atoms with Crippen molar-refractivity contribution in [3.8, 4) is 0 Å². The average Bonchev–Trinajstić information content (AvgIpc) is 3.51. The highest BCUT2D eigenvalue weighted by Gasteiger charge is 2.33. The molecule has 2 aromatic rings. The van der Waals surface area contributed by atoms with Gasteiger partial charge in [-0.3, -0.25) is 14.4 Å². The first kappa shape index (κ1) is 32.1. The van der Waals surface area contributed by atoms with Gasteiger partial charge in [0.05, 0.1) is 12.2 Å². The lowest BCUT2D eigenvalue weighted by atomic mass is 9.96. The van der Waals surface area contributed by atoms with Crippen molar-refractivity contribution in [3.05, 3.63) is 54.1 Å². The van der Waals surface area contributed by atoms with Crippen molar-refractivity contribution in [2.45, 2.75) is 57.2 Å². The van der Waals surface area contributed by atoms with Gasteiger partial charge in [-0.25, -0.2) is 14.6 Å². The summed E-state index contributed by atoms with van der Waals surface area (Å²) < 4.78 is 5.31. The van der Waals surface area contributed by atoms with E-state index in [0.717, 1.165) is 5.56 Å². The number of ether oxygens (including phenoxy) is 1. The molecule has 3 rings (SSSR count). The van der Waals surface area contributed by atoms with Crippen molar-refractivity contribution in [1.29, 1.82) is 0 Å². The molecule has 0 radical (unpaired) electrons. The largest absolute Gasteiger partial charge is 0.480 e. The molecule has 1 aliphatic rings. The van der Waals surface area contributed by atoms with Crippen LogP contribution in [0.2, 0.25) is 0 Å². The number of nitrogens with two attached hydrogens (primary N) is 1. The Morgan fingerprint density at radius 2 is 1.93 bits per heavy atom. The zero-order chi connectivity index (χ0) is 30.3. The van der Waals surface area contributed by atoms with E-state index in [1.165, 1.54) is 6.33 Å². The number of hydrogen-bond acceptors (Lipinski definition) is 8. The van der Waals surface area contributed by atoms with Gasteiger partial charge in [-0.05, 0) is 37.8 Å². The van der Waals surface area contributed by atoms with E-state index in [-0.39, 0.29) is 50.8 Å². The van der Waals surface area contributed by atoms with Gasteiger partial charge in [-0.1, -0.05) is 30.3 Å². The van der Waals surface area contributed by atoms with Gasteiger partial charge in [0, 0.05) is 44.4 Å². The number of alkyl carbamates (subject to hydrolysis) is 1. The molecule has 14 nitrogen and oxygen atoms in total. The molecule has 4 amide bonds. The molecule has 0 saturated carbocycles. The van der Waals surface area contributed by atoms with Crippen LogP contribution in [0.15, 0.2) is 42.9 Å². The van der Waals surface area contributed by atoms with Gasteiger partial charge < -0.3 is 41.4 Å². The highest BCUT2D eigenvalue weighted by Crippen LogP contribution is 2.18. The van der Waals surface area contributed by atoms with E-state index < -0.39 is 36.0 Å². The minimum Gasteiger partial charge on any atom is -0.480 e. The number of carboxylic acid groups (broad SMARTS) is 1. The maximum absolute atomic E-state index is 13.5. The predicted octanol–water partition coefficient (Wildman–Crippen LogP) is 0.300. The van der Waals surface area contributed by atoms with Gasteiger partial charge >= 0.3 is 12.1 Å². The van der Waals surface area contributed by atoms with E-state index >= 15 is 0 Å². The summed E-state index contributed by atoms with van der Waals surface area (Å²) in [6, 6.07) is 7.18. The predicted molar refractivity (Wildman–Crippen MR) is 151 cm³/mol. The van der Waals surface area contributed by atoms with Crippen molar-refractivity contribution in [1.82, 2.24) is 30.8 Å². The van der Waals surface area contributed by atoms with Crippen LogP contribution < -0.4 is 21.7 Å². The first-order chi connectivity index (χ1) is 20.3. The monoisotopic (exact) mass is 585 g/mol. The third kappa shape index (κ3) is 10.5. The van der Waals surface area contributed by atoms with Gasteiger partial charge in [-0.2, -0.15) is 0 Å². The van der Waals surface area contributed by atoms with E-state index in [1.807, 2.05) is 30.3 Å². The number of imidazole rings is 1. The third-order valence-electron chi connectivity index (χ3n) is 6.87. The van der Waals surface area contributed by atoms with Gasteiger partial charge in [0.15, 0.2) is 0 Å². The number of aromatic nitrogens is 2. The summed E-state index contributed by atoms with van der Waals surface area (Å²) in [5, 5.41) is 17.0. The molecule has 1 saturated heterocycles. The summed E-state index contributed by atoms with van der Waals surface area (Å²) in [7, 11) is 0. The molecule has 3 atom stereocenters. The second-order valence-electron chi connectivity index (χ2n) is 10.1. The summed E-state index contributed by atoms with van der Waals surface area (Å²) in [6.45, 7) is 0.957. The number of H-pyrrole nitrogens is 1. The van der Waals surface area contributed by atoms with Crippen LogP contribution in [0.25, 0.3) is 0 Å². The molecule has 14 heteroatoms. The van der Waals surface area contributed by atoms with Crippen molar-refractivity contribution in [3.63, 3.8) is 0 Å². The normalized spacial score (nSPS) is 16.1. The lowest BCUT2D eigenvalue weighted by molar-refractivity contribution is -0.142. The quantitative estimate of drug-likeness (QED) is 0.170. The number of amides is 4. The lowest BCUT2D eigenvalue weighted by Crippen LogP contribution is -2.54. The van der Waals surface area contributed by atoms with Crippen LogP contribution in [0.5, 0.6) is 0 Å². The number of benzene rings is 1. The molecule has 1 unspecified atom stereocenters. The zero-order valence-corrected chi connectivity index (χ0v) is 23.4. The maximum atomic E-state index is 13.5. The number of aromatic amines is 1. The zero-order valence-electron chi connectivity index (χ0n) is 23.4. The number of carbonyl (C=O) groups is 5. The fraction of sp³-hybridized carbons (Fsp3) is 0.500. The molecule has 0 bridgehead atoms. The van der Waals surface area contributed by atoms with Crippen LogP contribution >= 0.6 is 0 Å². The van der Waals surface area contributed by atoms with Crippen LogP contribution in [0.3, 0.4) is 0 Å². The number of nitrogens with zero attached hydrogens (tertiary/aromatic N) is 2. The van der Waals surface area contributed by atoms with Crippen LogP contribution in [0, 0.1) is 5.92 Å². The Balaban J connectivity index is 1.51.